The molecule has 3 aliphatic rings. The number of hydrogen-bond donors (Lipinski definition) is 2. The van der Waals surface area contributed by atoms with E-state index in [2.05, 4.69) is 44.1 Å². The van der Waals surface area contributed by atoms with Gasteiger partial charge in [-0.2, -0.15) is 10.4 Å². The Bertz CT molecular complexity index is 1520. The Balaban J connectivity index is 1.24. The number of anilines is 3. The SMILES string of the molecule is CC(C)(C)[S+]([O-])NC1c2ccccc2CC12CCN(c1nc(N)c(C(=O)N3CCCn4nccc43)nc1C#N)CC2. The van der Waals surface area contributed by atoms with Gasteiger partial charge in [-0.05, 0) is 57.6 Å². The van der Waals surface area contributed by atoms with Crippen LogP contribution >= 0.6 is 0 Å². The number of carbonyl (C=O) groups excluding carboxylic acids is 1. The third-order valence-electron chi connectivity index (χ3n) is 8.54. The van der Waals surface area contributed by atoms with Crippen LogP contribution in [0.5, 0.6) is 0 Å². The molecule has 6 rings (SSSR count). The molecule has 1 spiro atoms. The lowest BCUT2D eigenvalue weighted by Gasteiger charge is -2.44. The first-order chi connectivity index (χ1) is 19.6. The number of aryl methyl sites for hydroxylation is 1. The molecule has 2 atom stereocenters. The average Bonchev–Trinajstić information content (AvgIpc) is 3.55. The number of nitrogens with two attached hydrogens (primary N) is 1. The van der Waals surface area contributed by atoms with Crippen LogP contribution in [0.3, 0.4) is 0 Å². The minimum absolute atomic E-state index is 0.00862. The van der Waals surface area contributed by atoms with Crippen LogP contribution in [-0.4, -0.2) is 54.6 Å². The predicted molar refractivity (Wildman–Crippen MR) is 157 cm³/mol. The van der Waals surface area contributed by atoms with Crippen LogP contribution in [-0.2, 0) is 24.3 Å². The summed E-state index contributed by atoms with van der Waals surface area (Å²) in [7, 11) is 0. The zero-order chi connectivity index (χ0) is 28.9. The Labute approximate surface area is 243 Å². The van der Waals surface area contributed by atoms with Gasteiger partial charge in [0.2, 0.25) is 0 Å². The van der Waals surface area contributed by atoms with Crippen LogP contribution in [0.4, 0.5) is 17.5 Å². The van der Waals surface area contributed by atoms with Gasteiger partial charge in [0.05, 0.1) is 12.2 Å². The molecule has 214 valence electrons. The Morgan fingerprint density at radius 2 is 1.93 bits per heavy atom. The van der Waals surface area contributed by atoms with E-state index in [9.17, 15) is 14.6 Å². The van der Waals surface area contributed by atoms with E-state index in [1.807, 2.05) is 31.7 Å². The molecular formula is C29H35N9O2S. The average molecular weight is 574 g/mol. The number of nitrogens with zero attached hydrogens (tertiary/aromatic N) is 7. The first-order valence-electron chi connectivity index (χ1n) is 14.0. The number of aromatic nitrogens is 4. The highest BCUT2D eigenvalue weighted by atomic mass is 32.2. The maximum absolute atomic E-state index is 13.5. The van der Waals surface area contributed by atoms with E-state index in [0.717, 1.165) is 32.2 Å². The topological polar surface area (TPSA) is 152 Å². The van der Waals surface area contributed by atoms with Crippen LogP contribution < -0.4 is 20.3 Å². The van der Waals surface area contributed by atoms with E-state index in [4.69, 9.17) is 5.73 Å². The van der Waals surface area contributed by atoms with Gasteiger partial charge in [-0.15, -0.1) is 4.72 Å². The maximum Gasteiger partial charge on any atom is 0.281 e. The first-order valence-corrected chi connectivity index (χ1v) is 15.2. The van der Waals surface area contributed by atoms with Crippen molar-refractivity contribution in [2.24, 2.45) is 5.41 Å². The molecule has 1 aromatic carbocycles. The second-order valence-electron chi connectivity index (χ2n) is 12.1. The maximum atomic E-state index is 13.5. The Kier molecular flexibility index (Phi) is 6.92. The van der Waals surface area contributed by atoms with Gasteiger partial charge >= 0.3 is 0 Å². The Morgan fingerprint density at radius 3 is 2.66 bits per heavy atom. The lowest BCUT2D eigenvalue weighted by atomic mass is 9.73. The number of nitriles is 1. The smallest absolute Gasteiger partial charge is 0.281 e. The van der Waals surface area contributed by atoms with Crippen molar-refractivity contribution in [2.75, 3.05) is 35.2 Å². The number of amides is 1. The molecule has 2 aliphatic heterocycles. The molecule has 0 bridgehead atoms. The molecule has 4 heterocycles. The van der Waals surface area contributed by atoms with Crippen LogP contribution in [0.1, 0.15) is 73.4 Å². The normalized spacial score (nSPS) is 20.4. The van der Waals surface area contributed by atoms with Gasteiger partial charge in [0.15, 0.2) is 23.0 Å². The first kappa shape index (κ1) is 27.5. The van der Waals surface area contributed by atoms with Gasteiger partial charge in [-0.1, -0.05) is 24.3 Å². The largest absolute Gasteiger partial charge is 0.598 e. The van der Waals surface area contributed by atoms with Gasteiger partial charge in [-0.3, -0.25) is 9.69 Å². The van der Waals surface area contributed by atoms with Crippen molar-refractivity contribution in [1.29, 1.82) is 5.26 Å². The van der Waals surface area contributed by atoms with Crippen LogP contribution in [0, 0.1) is 16.7 Å². The number of benzene rings is 1. The van der Waals surface area contributed by atoms with E-state index < -0.39 is 11.4 Å². The van der Waals surface area contributed by atoms with Crippen molar-refractivity contribution in [1.82, 2.24) is 24.5 Å². The molecule has 2 unspecified atom stereocenters. The van der Waals surface area contributed by atoms with Gasteiger partial charge in [0.1, 0.15) is 16.6 Å². The molecule has 3 aromatic rings. The molecule has 1 amide bonds. The number of hydrogen-bond acceptors (Lipinski definition) is 9. The minimum Gasteiger partial charge on any atom is -0.598 e. The summed E-state index contributed by atoms with van der Waals surface area (Å²) in [5, 5.41) is 14.3. The summed E-state index contributed by atoms with van der Waals surface area (Å²) in [6, 6.07) is 12.3. The molecule has 2 aromatic heterocycles. The molecule has 1 aliphatic carbocycles. The van der Waals surface area contributed by atoms with Crippen molar-refractivity contribution in [3.05, 3.63) is 59.0 Å². The molecule has 12 heteroatoms. The van der Waals surface area contributed by atoms with Crippen LogP contribution in [0.15, 0.2) is 36.5 Å². The predicted octanol–water partition coefficient (Wildman–Crippen LogP) is 3.11. The van der Waals surface area contributed by atoms with Gasteiger partial charge in [0, 0.05) is 49.0 Å². The second-order valence-corrected chi connectivity index (χ2v) is 14.1. The highest BCUT2D eigenvalue weighted by molar-refractivity contribution is 7.90. The number of nitrogen functional groups attached to an aromatic ring is 1. The summed E-state index contributed by atoms with van der Waals surface area (Å²) in [6.07, 6.45) is 4.94. The standard InChI is InChI=1S/C29H35N9O2S/c1-28(2,3)41(40)35-24-20-8-5-4-7-19(20)17-29(24)10-15-36(16-11-29)26-21(18-30)33-23(25(31)34-26)27(39)37-13-6-14-38-22(37)9-12-32-38/h4-5,7-9,12,24,35H,6,10-11,13-17H2,1-3H3,(H2,31,34). The van der Waals surface area contributed by atoms with Gasteiger partial charge < -0.3 is 15.2 Å². The molecule has 0 saturated carbocycles. The molecular weight excluding hydrogens is 538 g/mol. The van der Waals surface area contributed by atoms with Gasteiger partial charge in [-0.25, -0.2) is 14.6 Å². The number of piperidine rings is 1. The number of nitrogens with one attached hydrogen (secondary N) is 1. The highest BCUT2D eigenvalue weighted by Crippen LogP contribution is 2.53. The van der Waals surface area contributed by atoms with E-state index in [-0.39, 0.29) is 39.3 Å². The number of rotatable bonds is 4. The molecule has 41 heavy (non-hydrogen) atoms. The van der Waals surface area contributed by atoms with E-state index in [1.165, 1.54) is 11.1 Å². The molecule has 1 fully saturated rings. The summed E-state index contributed by atoms with van der Waals surface area (Å²) >= 11 is -1.22. The lowest BCUT2D eigenvalue weighted by Crippen LogP contribution is -2.50. The summed E-state index contributed by atoms with van der Waals surface area (Å²) in [5.41, 5.74) is 8.77. The summed E-state index contributed by atoms with van der Waals surface area (Å²) in [4.78, 5) is 26.1. The third-order valence-corrected chi connectivity index (χ3v) is 10.1. The fourth-order valence-electron chi connectivity index (χ4n) is 6.34. The molecule has 3 N–H and O–H groups in total. The van der Waals surface area contributed by atoms with Crippen molar-refractivity contribution in [3.63, 3.8) is 0 Å². The Morgan fingerprint density at radius 1 is 1.17 bits per heavy atom. The zero-order valence-corrected chi connectivity index (χ0v) is 24.4. The summed E-state index contributed by atoms with van der Waals surface area (Å²) < 4.78 is 18.1. The van der Waals surface area contributed by atoms with Crippen molar-refractivity contribution in [3.8, 4) is 6.07 Å². The fourth-order valence-corrected chi connectivity index (χ4v) is 7.28. The lowest BCUT2D eigenvalue weighted by molar-refractivity contribution is 0.0977. The van der Waals surface area contributed by atoms with E-state index in [1.54, 1.807) is 21.8 Å². The van der Waals surface area contributed by atoms with Crippen molar-refractivity contribution in [2.45, 2.75) is 63.8 Å². The van der Waals surface area contributed by atoms with E-state index >= 15 is 0 Å². The number of carbonyl (C=O) groups is 1. The van der Waals surface area contributed by atoms with Gasteiger partial charge in [0.25, 0.3) is 5.91 Å². The number of fused-ring (bicyclic) bond motifs is 2. The quantitative estimate of drug-likeness (QED) is 0.448. The fraction of sp³-hybridized carbons (Fsp3) is 0.483. The van der Waals surface area contributed by atoms with Crippen molar-refractivity contribution >= 4 is 34.7 Å². The Hall–Kier alpha value is -3.66. The molecule has 11 nitrogen and oxygen atoms in total. The molecule has 0 radical (unpaired) electrons. The monoisotopic (exact) mass is 573 g/mol. The van der Waals surface area contributed by atoms with Crippen LogP contribution in [0.25, 0.3) is 0 Å². The second kappa shape index (κ2) is 10.3. The summed E-state index contributed by atoms with van der Waals surface area (Å²) in [5.74, 6) is 0.703. The minimum atomic E-state index is -1.22. The van der Waals surface area contributed by atoms with Crippen molar-refractivity contribution < 1.29 is 9.35 Å². The van der Waals surface area contributed by atoms with Crippen LogP contribution in [0.2, 0.25) is 0 Å². The van der Waals surface area contributed by atoms with E-state index in [0.29, 0.717) is 31.3 Å². The highest BCUT2D eigenvalue weighted by Gasteiger charge is 2.50. The molecule has 1 saturated heterocycles. The summed E-state index contributed by atoms with van der Waals surface area (Å²) in [6.45, 7) is 8.46. The zero-order valence-electron chi connectivity index (χ0n) is 23.6. The third kappa shape index (κ3) is 4.81.